The Morgan fingerprint density at radius 1 is 0.891 bits per heavy atom. The molecule has 7 nitrogen and oxygen atoms in total. The van der Waals surface area contributed by atoms with Crippen molar-refractivity contribution in [3.8, 4) is 22.6 Å². The molecule has 1 amide bonds. The molecule has 0 radical (unpaired) electrons. The molecular formula is C34H31F5N4O3. The third-order valence-electron chi connectivity index (χ3n) is 8.83. The minimum atomic E-state index is -4.42. The van der Waals surface area contributed by atoms with Gasteiger partial charge in [-0.05, 0) is 97.9 Å². The summed E-state index contributed by atoms with van der Waals surface area (Å²) in [6.07, 6.45) is -4.03. The number of nitrogens with one attached hydrogen (secondary N) is 1. The van der Waals surface area contributed by atoms with Gasteiger partial charge in [0, 0.05) is 31.1 Å². The molecule has 0 saturated carbocycles. The maximum absolute atomic E-state index is 14.3. The number of benzene rings is 3. The van der Waals surface area contributed by atoms with Gasteiger partial charge in [0.15, 0.2) is 11.5 Å². The third-order valence-corrected chi connectivity index (χ3v) is 8.83. The highest BCUT2D eigenvalue weighted by Crippen LogP contribution is 2.43. The van der Waals surface area contributed by atoms with E-state index in [0.717, 1.165) is 57.5 Å². The lowest BCUT2D eigenvalue weighted by atomic mass is 9.99. The Kier molecular flexibility index (Phi) is 7.70. The number of fused-ring (bicyclic) bond motifs is 2. The van der Waals surface area contributed by atoms with Crippen LogP contribution in [-0.2, 0) is 12.7 Å². The molecule has 1 aromatic heterocycles. The van der Waals surface area contributed by atoms with E-state index >= 15 is 0 Å². The summed E-state index contributed by atoms with van der Waals surface area (Å²) in [6.45, 7) is 3.71. The average Bonchev–Trinajstić information content (AvgIpc) is 3.78. The fourth-order valence-electron chi connectivity index (χ4n) is 6.52. The molecule has 240 valence electrons. The van der Waals surface area contributed by atoms with E-state index < -0.39 is 18.0 Å². The lowest BCUT2D eigenvalue weighted by molar-refractivity contribution is -0.286. The van der Waals surface area contributed by atoms with E-state index in [1.54, 1.807) is 24.3 Å². The zero-order valence-electron chi connectivity index (χ0n) is 24.7. The molecule has 2 saturated heterocycles. The van der Waals surface area contributed by atoms with E-state index in [9.17, 15) is 26.7 Å². The number of carbonyl (C=O) groups is 1. The Bertz CT molecular complexity index is 1770. The monoisotopic (exact) mass is 638 g/mol. The van der Waals surface area contributed by atoms with E-state index in [2.05, 4.69) is 19.7 Å². The summed E-state index contributed by atoms with van der Waals surface area (Å²) in [5, 5.41) is 3.77. The summed E-state index contributed by atoms with van der Waals surface area (Å²) in [4.78, 5) is 23.4. The van der Waals surface area contributed by atoms with Gasteiger partial charge in [-0.15, -0.1) is 8.78 Å². The normalized spacial score (nSPS) is 19.2. The number of carbonyl (C=O) groups excluding carboxylic acids is 1. The molecule has 3 aliphatic rings. The second-order valence-corrected chi connectivity index (χ2v) is 12.0. The lowest BCUT2D eigenvalue weighted by Crippen LogP contribution is -2.42. The van der Waals surface area contributed by atoms with E-state index in [1.165, 1.54) is 24.3 Å². The Morgan fingerprint density at radius 2 is 1.61 bits per heavy atom. The highest BCUT2D eigenvalue weighted by atomic mass is 19.4. The molecule has 3 aromatic carbocycles. The molecule has 3 aliphatic heterocycles. The second kappa shape index (κ2) is 11.7. The largest absolute Gasteiger partial charge is 0.586 e. The number of rotatable bonds is 7. The number of hydrogen-bond acceptors (Lipinski definition) is 6. The predicted molar refractivity (Wildman–Crippen MR) is 162 cm³/mol. The summed E-state index contributed by atoms with van der Waals surface area (Å²) in [7, 11) is 0. The fourth-order valence-corrected chi connectivity index (χ4v) is 6.52. The third kappa shape index (κ3) is 6.18. The minimum absolute atomic E-state index is 0.0612. The smallest absolute Gasteiger partial charge is 0.395 e. The van der Waals surface area contributed by atoms with Crippen molar-refractivity contribution < 1.29 is 36.2 Å². The highest BCUT2D eigenvalue weighted by molar-refractivity contribution is 6.08. The number of anilines is 1. The molecular weight excluding hydrogens is 607 g/mol. The predicted octanol–water partition coefficient (Wildman–Crippen LogP) is 7.55. The Labute approximate surface area is 261 Å². The van der Waals surface area contributed by atoms with Crippen LogP contribution in [0.25, 0.3) is 22.0 Å². The zero-order chi connectivity index (χ0) is 32.1. The van der Waals surface area contributed by atoms with Crippen LogP contribution in [0.3, 0.4) is 0 Å². The number of likely N-dealkylation sites (tertiary alicyclic amines) is 2. The summed E-state index contributed by atoms with van der Waals surface area (Å²) in [5.74, 6) is 0.133. The molecule has 4 heterocycles. The summed E-state index contributed by atoms with van der Waals surface area (Å²) in [5.41, 5.74) is 2.13. The van der Waals surface area contributed by atoms with E-state index in [0.29, 0.717) is 45.5 Å². The molecule has 7 rings (SSSR count). The molecule has 0 unspecified atom stereocenters. The number of alkyl halides is 5. The van der Waals surface area contributed by atoms with Crippen LogP contribution in [0.2, 0.25) is 0 Å². The number of aromatic nitrogens is 1. The van der Waals surface area contributed by atoms with Crippen molar-refractivity contribution >= 4 is 22.6 Å². The van der Waals surface area contributed by atoms with Gasteiger partial charge >= 0.3 is 12.5 Å². The van der Waals surface area contributed by atoms with Crippen molar-refractivity contribution in [2.75, 3.05) is 31.5 Å². The number of hydrogen-bond donors (Lipinski definition) is 1. The van der Waals surface area contributed by atoms with Crippen molar-refractivity contribution in [3.63, 3.8) is 0 Å². The summed E-state index contributed by atoms with van der Waals surface area (Å²) in [6, 6.07) is 16.5. The van der Waals surface area contributed by atoms with Crippen LogP contribution < -0.4 is 14.8 Å². The average molecular weight is 639 g/mol. The first-order chi connectivity index (χ1) is 22.0. The standard InChI is InChI=1S/C34H31F5N4O3/c35-33(36,37)24-9-5-21(6-10-24)19-40-31-18-27(32(44)43-15-3-4-25(43)20-42-13-1-2-14-42)26-16-22(7-11-28(26)41-31)23-8-12-29-30(17-23)46-34(38,39)45-29/h5-12,16-18,25H,1-4,13-15,19-20H2,(H,40,41)/t25-/m0/s1. The van der Waals surface area contributed by atoms with Crippen molar-refractivity contribution in [1.82, 2.24) is 14.8 Å². The number of pyridine rings is 1. The van der Waals surface area contributed by atoms with Crippen molar-refractivity contribution in [3.05, 3.63) is 83.4 Å². The molecule has 12 heteroatoms. The van der Waals surface area contributed by atoms with Gasteiger partial charge in [0.2, 0.25) is 0 Å². The van der Waals surface area contributed by atoms with E-state index in [-0.39, 0.29) is 30.0 Å². The van der Waals surface area contributed by atoms with Crippen LogP contribution in [0.1, 0.15) is 47.2 Å². The van der Waals surface area contributed by atoms with Gasteiger partial charge < -0.3 is 24.6 Å². The van der Waals surface area contributed by atoms with Crippen LogP contribution in [0, 0.1) is 0 Å². The fraction of sp³-hybridized carbons (Fsp3) is 0.353. The summed E-state index contributed by atoms with van der Waals surface area (Å²) >= 11 is 0. The first-order valence-electron chi connectivity index (χ1n) is 15.3. The highest BCUT2D eigenvalue weighted by Gasteiger charge is 2.43. The maximum atomic E-state index is 14.3. The minimum Gasteiger partial charge on any atom is -0.395 e. The van der Waals surface area contributed by atoms with E-state index in [4.69, 9.17) is 4.98 Å². The summed E-state index contributed by atoms with van der Waals surface area (Å²) < 4.78 is 75.6. The van der Waals surface area contributed by atoms with Gasteiger partial charge in [-0.2, -0.15) is 13.2 Å². The molecule has 0 aliphatic carbocycles. The van der Waals surface area contributed by atoms with E-state index in [1.807, 2.05) is 11.0 Å². The second-order valence-electron chi connectivity index (χ2n) is 12.0. The number of amides is 1. The van der Waals surface area contributed by atoms with Gasteiger partial charge in [0.25, 0.3) is 5.91 Å². The van der Waals surface area contributed by atoms with Gasteiger partial charge in [0.05, 0.1) is 16.6 Å². The van der Waals surface area contributed by atoms with Crippen molar-refractivity contribution in [1.29, 1.82) is 0 Å². The molecule has 1 atom stereocenters. The maximum Gasteiger partial charge on any atom is 0.586 e. The zero-order valence-corrected chi connectivity index (χ0v) is 24.7. The molecule has 1 N–H and O–H groups in total. The first-order valence-corrected chi connectivity index (χ1v) is 15.3. The number of halogens is 5. The lowest BCUT2D eigenvalue weighted by Gasteiger charge is -2.29. The van der Waals surface area contributed by atoms with Crippen LogP contribution in [-0.4, -0.2) is 59.2 Å². The quantitative estimate of drug-likeness (QED) is 0.211. The topological polar surface area (TPSA) is 66.9 Å². The Morgan fingerprint density at radius 3 is 2.37 bits per heavy atom. The molecule has 46 heavy (non-hydrogen) atoms. The molecule has 0 bridgehead atoms. The van der Waals surface area contributed by atoms with Crippen molar-refractivity contribution in [2.45, 2.75) is 50.7 Å². The van der Waals surface area contributed by atoms with Crippen molar-refractivity contribution in [2.24, 2.45) is 0 Å². The van der Waals surface area contributed by atoms with Crippen LogP contribution in [0.15, 0.2) is 66.7 Å². The first kappa shape index (κ1) is 30.2. The van der Waals surface area contributed by atoms with Crippen LogP contribution in [0.5, 0.6) is 11.5 Å². The molecule has 2 fully saturated rings. The van der Waals surface area contributed by atoms with Crippen LogP contribution >= 0.6 is 0 Å². The van der Waals surface area contributed by atoms with Gasteiger partial charge in [0.1, 0.15) is 5.82 Å². The molecule has 0 spiro atoms. The van der Waals surface area contributed by atoms with Gasteiger partial charge in [-0.3, -0.25) is 4.79 Å². The Hall–Kier alpha value is -4.45. The molecule has 4 aromatic rings. The van der Waals surface area contributed by atoms with Gasteiger partial charge in [-0.25, -0.2) is 4.98 Å². The number of ether oxygens (including phenoxy) is 2. The SMILES string of the molecule is O=C(c1cc(NCc2ccc(C(F)(F)F)cc2)nc2ccc(-c3ccc4c(c3)OC(F)(F)O4)cc12)N1CCC[C@H]1CN1CCCC1. The van der Waals surface area contributed by atoms with Gasteiger partial charge in [-0.1, -0.05) is 24.3 Å². The van der Waals surface area contributed by atoms with Crippen LogP contribution in [0.4, 0.5) is 27.8 Å². The Balaban J connectivity index is 1.22. The number of nitrogens with zero attached hydrogens (tertiary/aromatic N) is 3.